The Morgan fingerprint density at radius 1 is 1.08 bits per heavy atom. The van der Waals surface area contributed by atoms with E-state index in [0.717, 1.165) is 32.7 Å². The number of phenolic OH excluding ortho intramolecular Hbond substituents is 1. The number of carboxylic acid groups (broad SMARTS) is 1. The van der Waals surface area contributed by atoms with Gasteiger partial charge in [0.25, 0.3) is 0 Å². The third-order valence-electron chi connectivity index (χ3n) is 4.12. The van der Waals surface area contributed by atoms with Crippen LogP contribution in [0.3, 0.4) is 0 Å². The van der Waals surface area contributed by atoms with Gasteiger partial charge in [0.2, 0.25) is 0 Å². The van der Waals surface area contributed by atoms with Crippen LogP contribution in [0.5, 0.6) is 5.75 Å². The Kier molecular flexibility index (Phi) is 4.95. The molecule has 0 saturated carbocycles. The van der Waals surface area contributed by atoms with Crippen LogP contribution in [0.4, 0.5) is 0 Å². The fraction of sp³-hybridized carbons (Fsp3) is 0.150. The van der Waals surface area contributed by atoms with Crippen molar-refractivity contribution in [3.8, 4) is 22.7 Å². The lowest BCUT2D eigenvalue weighted by Crippen LogP contribution is -2.06. The number of aromatic hydroxyl groups is 1. The number of phenols is 1. The molecule has 0 bridgehead atoms. The second kappa shape index (κ2) is 7.15. The Balaban J connectivity index is 2.15. The van der Waals surface area contributed by atoms with E-state index in [1.54, 1.807) is 12.1 Å². The molecule has 5 heteroatoms. The van der Waals surface area contributed by atoms with Crippen molar-refractivity contribution in [3.63, 3.8) is 0 Å². The van der Waals surface area contributed by atoms with Crippen LogP contribution in [-0.2, 0) is 11.2 Å². The quantitative estimate of drug-likeness (QED) is 0.638. The number of rotatable bonds is 5. The van der Waals surface area contributed by atoms with Gasteiger partial charge in [-0.1, -0.05) is 28.1 Å². The molecule has 0 aliphatic rings. The van der Waals surface area contributed by atoms with E-state index in [1.807, 2.05) is 49.4 Å². The average molecular weight is 400 g/mol. The zero-order chi connectivity index (χ0) is 18.0. The predicted molar refractivity (Wildman–Crippen MR) is 101 cm³/mol. The minimum Gasteiger partial charge on any atom is -0.508 e. The number of benzene rings is 2. The lowest BCUT2D eigenvalue weighted by atomic mass is 10.1. The van der Waals surface area contributed by atoms with Crippen LogP contribution >= 0.6 is 15.9 Å². The maximum Gasteiger partial charge on any atom is 0.303 e. The van der Waals surface area contributed by atoms with E-state index in [0.29, 0.717) is 6.42 Å². The fourth-order valence-corrected chi connectivity index (χ4v) is 3.19. The first-order chi connectivity index (χ1) is 12.0. The minimum atomic E-state index is -0.819. The Morgan fingerprint density at radius 3 is 2.44 bits per heavy atom. The summed E-state index contributed by atoms with van der Waals surface area (Å²) < 4.78 is 3.07. The number of aryl methyl sites for hydroxylation is 2. The zero-order valence-corrected chi connectivity index (χ0v) is 15.3. The highest BCUT2D eigenvalue weighted by Crippen LogP contribution is 2.31. The second-order valence-corrected chi connectivity index (χ2v) is 6.83. The topological polar surface area (TPSA) is 62.5 Å². The number of hydrogen-bond donors (Lipinski definition) is 2. The Bertz CT molecular complexity index is 913. The van der Waals surface area contributed by atoms with E-state index < -0.39 is 5.97 Å². The molecule has 1 heterocycles. The van der Waals surface area contributed by atoms with Crippen LogP contribution in [0.15, 0.2) is 59.1 Å². The molecule has 0 amide bonds. The summed E-state index contributed by atoms with van der Waals surface area (Å²) in [6.07, 6.45) is 0.507. The highest BCUT2D eigenvalue weighted by Gasteiger charge is 2.15. The first-order valence-electron chi connectivity index (χ1n) is 7.94. The van der Waals surface area contributed by atoms with Gasteiger partial charge in [-0.25, -0.2) is 0 Å². The van der Waals surface area contributed by atoms with Gasteiger partial charge in [-0.15, -0.1) is 0 Å². The largest absolute Gasteiger partial charge is 0.508 e. The normalized spacial score (nSPS) is 10.8. The number of carbonyl (C=O) groups is 1. The molecule has 0 saturated heterocycles. The van der Waals surface area contributed by atoms with Gasteiger partial charge in [-0.2, -0.15) is 0 Å². The Hall–Kier alpha value is -2.53. The summed E-state index contributed by atoms with van der Waals surface area (Å²) >= 11 is 3.45. The number of nitrogens with zero attached hydrogens (tertiary/aromatic N) is 1. The van der Waals surface area contributed by atoms with E-state index in [1.165, 1.54) is 0 Å². The van der Waals surface area contributed by atoms with Crippen molar-refractivity contribution in [2.75, 3.05) is 0 Å². The highest BCUT2D eigenvalue weighted by molar-refractivity contribution is 9.10. The van der Waals surface area contributed by atoms with E-state index in [-0.39, 0.29) is 12.2 Å². The van der Waals surface area contributed by atoms with Crippen molar-refractivity contribution in [1.82, 2.24) is 4.57 Å². The molecule has 25 heavy (non-hydrogen) atoms. The summed E-state index contributed by atoms with van der Waals surface area (Å²) in [6, 6.07) is 17.2. The van der Waals surface area contributed by atoms with Crippen molar-refractivity contribution >= 4 is 21.9 Å². The van der Waals surface area contributed by atoms with Gasteiger partial charge in [-0.3, -0.25) is 4.79 Å². The van der Waals surface area contributed by atoms with Crippen molar-refractivity contribution in [1.29, 1.82) is 0 Å². The molecule has 1 aromatic heterocycles. The lowest BCUT2D eigenvalue weighted by molar-refractivity contribution is -0.136. The van der Waals surface area contributed by atoms with Gasteiger partial charge in [-0.05, 0) is 66.9 Å². The van der Waals surface area contributed by atoms with Gasteiger partial charge >= 0.3 is 5.97 Å². The van der Waals surface area contributed by atoms with Crippen LogP contribution in [0.25, 0.3) is 16.9 Å². The SMILES string of the molecule is Cc1cc(O)ccc1-n1c(CCC(=O)O)ccc1-c1ccc(Br)cc1. The van der Waals surface area contributed by atoms with Crippen LogP contribution < -0.4 is 0 Å². The number of carboxylic acids is 1. The summed E-state index contributed by atoms with van der Waals surface area (Å²) in [5.74, 6) is -0.606. The molecule has 2 aromatic carbocycles. The molecule has 0 aliphatic heterocycles. The number of halogens is 1. The van der Waals surface area contributed by atoms with Crippen LogP contribution in [0, 0.1) is 6.92 Å². The summed E-state index contributed by atoms with van der Waals surface area (Å²) in [6.45, 7) is 1.93. The van der Waals surface area contributed by atoms with Gasteiger partial charge in [0, 0.05) is 15.9 Å². The monoisotopic (exact) mass is 399 g/mol. The first-order valence-corrected chi connectivity index (χ1v) is 8.73. The molecular formula is C20H18BrNO3. The van der Waals surface area contributed by atoms with Crippen molar-refractivity contribution in [3.05, 3.63) is 70.3 Å². The molecule has 3 rings (SSSR count). The van der Waals surface area contributed by atoms with E-state index >= 15 is 0 Å². The molecule has 0 atom stereocenters. The lowest BCUT2D eigenvalue weighted by Gasteiger charge is -2.16. The van der Waals surface area contributed by atoms with E-state index in [9.17, 15) is 9.90 Å². The molecule has 128 valence electrons. The molecule has 0 fully saturated rings. The van der Waals surface area contributed by atoms with Gasteiger partial charge in [0.05, 0.1) is 12.1 Å². The van der Waals surface area contributed by atoms with Crippen LogP contribution in [0.2, 0.25) is 0 Å². The fourth-order valence-electron chi connectivity index (χ4n) is 2.93. The molecule has 3 aromatic rings. The summed E-state index contributed by atoms with van der Waals surface area (Å²) in [4.78, 5) is 11.0. The molecule has 0 radical (unpaired) electrons. The van der Waals surface area contributed by atoms with Gasteiger partial charge in [0.15, 0.2) is 0 Å². The second-order valence-electron chi connectivity index (χ2n) is 5.92. The Morgan fingerprint density at radius 2 is 1.80 bits per heavy atom. The Labute approximate surface area is 154 Å². The maximum atomic E-state index is 11.0. The van der Waals surface area contributed by atoms with Gasteiger partial charge < -0.3 is 14.8 Å². The number of aromatic nitrogens is 1. The predicted octanol–water partition coefficient (Wildman–Crippen LogP) is 4.94. The summed E-state index contributed by atoms with van der Waals surface area (Å²) in [5.41, 5.74) is 4.81. The molecular weight excluding hydrogens is 382 g/mol. The third-order valence-corrected chi connectivity index (χ3v) is 4.65. The summed E-state index contributed by atoms with van der Waals surface area (Å²) in [7, 11) is 0. The standard InChI is InChI=1S/C20H18BrNO3/c1-13-12-17(23)8-10-18(13)22-16(7-11-20(24)25)6-9-19(22)14-2-4-15(21)5-3-14/h2-6,8-10,12,23H,7,11H2,1H3,(H,24,25). The zero-order valence-electron chi connectivity index (χ0n) is 13.7. The molecule has 0 aliphatic carbocycles. The first kappa shape index (κ1) is 17.3. The summed E-state index contributed by atoms with van der Waals surface area (Å²) in [5, 5.41) is 18.7. The van der Waals surface area contributed by atoms with E-state index in [4.69, 9.17) is 5.11 Å². The average Bonchev–Trinajstić information content (AvgIpc) is 2.97. The maximum absolute atomic E-state index is 11.0. The minimum absolute atomic E-state index is 0.0704. The number of hydrogen-bond acceptors (Lipinski definition) is 2. The molecule has 0 unspecified atom stereocenters. The molecule has 0 spiro atoms. The van der Waals surface area contributed by atoms with E-state index in [2.05, 4.69) is 20.5 Å². The third kappa shape index (κ3) is 3.77. The smallest absolute Gasteiger partial charge is 0.303 e. The van der Waals surface area contributed by atoms with Crippen molar-refractivity contribution in [2.24, 2.45) is 0 Å². The van der Waals surface area contributed by atoms with Crippen LogP contribution in [-0.4, -0.2) is 20.7 Å². The van der Waals surface area contributed by atoms with Gasteiger partial charge in [0.1, 0.15) is 5.75 Å². The van der Waals surface area contributed by atoms with Crippen molar-refractivity contribution in [2.45, 2.75) is 19.8 Å². The molecule has 4 nitrogen and oxygen atoms in total. The van der Waals surface area contributed by atoms with Crippen molar-refractivity contribution < 1.29 is 15.0 Å². The highest BCUT2D eigenvalue weighted by atomic mass is 79.9. The van der Waals surface area contributed by atoms with Crippen LogP contribution in [0.1, 0.15) is 17.7 Å². The number of aliphatic carboxylic acids is 1. The molecule has 2 N–H and O–H groups in total.